The van der Waals surface area contributed by atoms with E-state index in [0.717, 1.165) is 24.6 Å². The Hall–Kier alpha value is -1.16. The van der Waals surface area contributed by atoms with Gasteiger partial charge in [0.05, 0.1) is 11.9 Å². The number of likely N-dealkylation sites (tertiary alicyclic amines) is 1. The summed E-state index contributed by atoms with van der Waals surface area (Å²) in [5.41, 5.74) is 0.959. The van der Waals surface area contributed by atoms with Crippen LogP contribution in [0.25, 0.3) is 0 Å². The highest BCUT2D eigenvalue weighted by Crippen LogP contribution is 2.06. The Balaban J connectivity index is 1.73. The average molecular weight is 206 g/mol. The first kappa shape index (κ1) is 10.4. The van der Waals surface area contributed by atoms with E-state index in [4.69, 9.17) is 0 Å². The van der Waals surface area contributed by atoms with Crippen molar-refractivity contribution < 1.29 is 0 Å². The van der Waals surface area contributed by atoms with E-state index in [1.54, 1.807) is 12.4 Å². The molecule has 4 heteroatoms. The molecule has 1 aliphatic rings. The van der Waals surface area contributed by atoms with E-state index in [9.17, 15) is 0 Å². The molecule has 0 spiro atoms. The van der Waals surface area contributed by atoms with Gasteiger partial charge in [0.15, 0.2) is 0 Å². The summed E-state index contributed by atoms with van der Waals surface area (Å²) in [5, 5.41) is 3.30. The predicted octanol–water partition coefficient (Wildman–Crippen LogP) is 1.29. The van der Waals surface area contributed by atoms with Crippen molar-refractivity contribution in [2.45, 2.75) is 19.8 Å². The Bertz CT molecular complexity index is 307. The third kappa shape index (κ3) is 3.16. The van der Waals surface area contributed by atoms with Gasteiger partial charge >= 0.3 is 0 Å². The maximum absolute atomic E-state index is 4.35. The summed E-state index contributed by atoms with van der Waals surface area (Å²) >= 11 is 0. The second-order valence-electron chi connectivity index (χ2n) is 4.02. The number of aryl methyl sites for hydroxylation is 1. The van der Waals surface area contributed by atoms with Crippen molar-refractivity contribution >= 4 is 5.82 Å². The van der Waals surface area contributed by atoms with Gasteiger partial charge in [-0.25, -0.2) is 4.98 Å². The molecule has 2 heterocycles. The van der Waals surface area contributed by atoms with Crippen molar-refractivity contribution in [1.29, 1.82) is 0 Å². The summed E-state index contributed by atoms with van der Waals surface area (Å²) in [5.74, 6) is 0.884. The average Bonchev–Trinajstić information content (AvgIpc) is 2.71. The van der Waals surface area contributed by atoms with Crippen molar-refractivity contribution in [3.05, 3.63) is 18.1 Å². The zero-order chi connectivity index (χ0) is 10.5. The Labute approximate surface area is 90.7 Å². The first-order valence-corrected chi connectivity index (χ1v) is 5.59. The number of nitrogens with one attached hydrogen (secondary N) is 1. The number of hydrogen-bond acceptors (Lipinski definition) is 4. The van der Waals surface area contributed by atoms with Crippen LogP contribution >= 0.6 is 0 Å². The minimum absolute atomic E-state index is 0.884. The fourth-order valence-corrected chi connectivity index (χ4v) is 1.90. The van der Waals surface area contributed by atoms with Gasteiger partial charge in [-0.3, -0.25) is 4.98 Å². The second-order valence-corrected chi connectivity index (χ2v) is 4.02. The lowest BCUT2D eigenvalue weighted by Crippen LogP contribution is -2.26. The summed E-state index contributed by atoms with van der Waals surface area (Å²) in [4.78, 5) is 10.9. The van der Waals surface area contributed by atoms with E-state index >= 15 is 0 Å². The quantitative estimate of drug-likeness (QED) is 0.806. The molecule has 1 aliphatic heterocycles. The van der Waals surface area contributed by atoms with Crippen LogP contribution in [-0.2, 0) is 0 Å². The fourth-order valence-electron chi connectivity index (χ4n) is 1.90. The normalized spacial score (nSPS) is 16.9. The van der Waals surface area contributed by atoms with Gasteiger partial charge in [0.1, 0.15) is 5.82 Å². The minimum Gasteiger partial charge on any atom is -0.368 e. The number of aromatic nitrogens is 2. The maximum Gasteiger partial charge on any atom is 0.144 e. The van der Waals surface area contributed by atoms with Gasteiger partial charge in [-0.05, 0) is 32.9 Å². The Morgan fingerprint density at radius 1 is 1.33 bits per heavy atom. The standard InChI is InChI=1S/C11H18N4/c1-10-8-12-9-11(14-10)13-4-7-15-5-2-3-6-15/h8-9H,2-7H2,1H3,(H,13,14). The molecule has 15 heavy (non-hydrogen) atoms. The maximum atomic E-state index is 4.35. The molecule has 1 saturated heterocycles. The number of nitrogens with zero attached hydrogens (tertiary/aromatic N) is 3. The molecule has 1 fully saturated rings. The van der Waals surface area contributed by atoms with Crippen LogP contribution in [0.15, 0.2) is 12.4 Å². The summed E-state index contributed by atoms with van der Waals surface area (Å²) in [6.07, 6.45) is 6.25. The second kappa shape index (κ2) is 5.07. The number of rotatable bonds is 4. The van der Waals surface area contributed by atoms with E-state index in [0.29, 0.717) is 0 Å². The van der Waals surface area contributed by atoms with Crippen molar-refractivity contribution in [2.24, 2.45) is 0 Å². The molecule has 0 saturated carbocycles. The highest BCUT2D eigenvalue weighted by Gasteiger charge is 2.10. The van der Waals surface area contributed by atoms with E-state index in [-0.39, 0.29) is 0 Å². The predicted molar refractivity (Wildman–Crippen MR) is 60.9 cm³/mol. The lowest BCUT2D eigenvalue weighted by Gasteiger charge is -2.14. The molecule has 4 nitrogen and oxygen atoms in total. The third-order valence-electron chi connectivity index (χ3n) is 2.69. The van der Waals surface area contributed by atoms with Crippen LogP contribution in [-0.4, -0.2) is 41.0 Å². The largest absolute Gasteiger partial charge is 0.368 e. The lowest BCUT2D eigenvalue weighted by molar-refractivity contribution is 0.352. The number of anilines is 1. The van der Waals surface area contributed by atoms with Crippen molar-refractivity contribution in [2.75, 3.05) is 31.5 Å². The summed E-state index contributed by atoms with van der Waals surface area (Å²) in [6.45, 7) is 6.52. The molecule has 0 radical (unpaired) electrons. The van der Waals surface area contributed by atoms with Crippen LogP contribution in [0.2, 0.25) is 0 Å². The molecular weight excluding hydrogens is 188 g/mol. The molecule has 1 N–H and O–H groups in total. The van der Waals surface area contributed by atoms with Gasteiger partial charge < -0.3 is 10.2 Å². The zero-order valence-electron chi connectivity index (χ0n) is 9.24. The minimum atomic E-state index is 0.884. The van der Waals surface area contributed by atoms with E-state index in [1.165, 1.54) is 25.9 Å². The molecule has 0 aliphatic carbocycles. The van der Waals surface area contributed by atoms with E-state index < -0.39 is 0 Å². The van der Waals surface area contributed by atoms with Gasteiger partial charge in [-0.15, -0.1) is 0 Å². The first-order chi connectivity index (χ1) is 7.34. The van der Waals surface area contributed by atoms with Crippen LogP contribution in [0.1, 0.15) is 18.5 Å². The summed E-state index contributed by atoms with van der Waals surface area (Å²) in [6, 6.07) is 0. The molecule has 2 rings (SSSR count). The first-order valence-electron chi connectivity index (χ1n) is 5.59. The topological polar surface area (TPSA) is 41.1 Å². The van der Waals surface area contributed by atoms with Crippen LogP contribution in [0.3, 0.4) is 0 Å². The van der Waals surface area contributed by atoms with E-state index in [2.05, 4.69) is 20.2 Å². The molecule has 82 valence electrons. The molecule has 0 atom stereocenters. The van der Waals surface area contributed by atoms with Gasteiger partial charge in [0, 0.05) is 19.3 Å². The van der Waals surface area contributed by atoms with E-state index in [1.807, 2.05) is 6.92 Å². The van der Waals surface area contributed by atoms with Crippen molar-refractivity contribution in [1.82, 2.24) is 14.9 Å². The molecule has 1 aromatic rings. The van der Waals surface area contributed by atoms with Crippen LogP contribution in [0, 0.1) is 6.92 Å². The smallest absolute Gasteiger partial charge is 0.144 e. The van der Waals surface area contributed by atoms with Gasteiger partial charge in [0.2, 0.25) is 0 Å². The Morgan fingerprint density at radius 3 is 2.87 bits per heavy atom. The fraction of sp³-hybridized carbons (Fsp3) is 0.636. The Morgan fingerprint density at radius 2 is 2.13 bits per heavy atom. The third-order valence-corrected chi connectivity index (χ3v) is 2.69. The van der Waals surface area contributed by atoms with Crippen molar-refractivity contribution in [3.63, 3.8) is 0 Å². The van der Waals surface area contributed by atoms with Gasteiger partial charge in [0.25, 0.3) is 0 Å². The molecule has 0 amide bonds. The summed E-state index contributed by atoms with van der Waals surface area (Å²) in [7, 11) is 0. The van der Waals surface area contributed by atoms with Crippen LogP contribution in [0.5, 0.6) is 0 Å². The summed E-state index contributed by atoms with van der Waals surface area (Å²) < 4.78 is 0. The highest BCUT2D eigenvalue weighted by molar-refractivity contribution is 5.31. The van der Waals surface area contributed by atoms with Gasteiger partial charge in [-0.1, -0.05) is 0 Å². The zero-order valence-corrected chi connectivity index (χ0v) is 9.24. The molecule has 0 unspecified atom stereocenters. The van der Waals surface area contributed by atoms with Crippen LogP contribution in [0.4, 0.5) is 5.82 Å². The molecular formula is C11H18N4. The molecule has 0 aromatic carbocycles. The lowest BCUT2D eigenvalue weighted by atomic mass is 10.4. The monoisotopic (exact) mass is 206 g/mol. The van der Waals surface area contributed by atoms with Crippen molar-refractivity contribution in [3.8, 4) is 0 Å². The molecule has 1 aromatic heterocycles. The van der Waals surface area contributed by atoms with Gasteiger partial charge in [-0.2, -0.15) is 0 Å². The highest BCUT2D eigenvalue weighted by atomic mass is 15.2. The molecule has 0 bridgehead atoms. The SMILES string of the molecule is Cc1cncc(NCCN2CCCC2)n1. The Kier molecular flexibility index (Phi) is 3.50. The number of hydrogen-bond donors (Lipinski definition) is 1. The van der Waals surface area contributed by atoms with Crippen LogP contribution < -0.4 is 5.32 Å².